The van der Waals surface area contributed by atoms with Gasteiger partial charge in [0, 0.05) is 68.7 Å². The number of carbonyl (C=O) groups is 1. The van der Waals surface area contributed by atoms with Crippen molar-refractivity contribution in [2.24, 2.45) is 0 Å². The van der Waals surface area contributed by atoms with Crippen molar-refractivity contribution in [2.45, 2.75) is 25.9 Å². The van der Waals surface area contributed by atoms with Crippen LogP contribution in [0.25, 0.3) is 11.1 Å². The van der Waals surface area contributed by atoms with Crippen LogP contribution in [0.3, 0.4) is 0 Å². The fourth-order valence-corrected chi connectivity index (χ4v) is 5.89. The number of piperazine rings is 1. The van der Waals surface area contributed by atoms with Gasteiger partial charge in [-0.05, 0) is 52.3 Å². The van der Waals surface area contributed by atoms with E-state index >= 15 is 0 Å². The normalized spacial score (nSPS) is 17.2. The zero-order chi connectivity index (χ0) is 22.6. The Kier molecular flexibility index (Phi) is 7.12. The Morgan fingerprint density at radius 3 is 2.52 bits per heavy atom. The van der Waals surface area contributed by atoms with Crippen molar-refractivity contribution in [3.63, 3.8) is 0 Å². The molecule has 1 amide bonds. The molecule has 0 unspecified atom stereocenters. The maximum atomic E-state index is 12.8. The molecule has 1 aromatic heterocycles. The molecule has 4 nitrogen and oxygen atoms in total. The van der Waals surface area contributed by atoms with Gasteiger partial charge in [-0.1, -0.05) is 48.0 Å². The summed E-state index contributed by atoms with van der Waals surface area (Å²) >= 11 is 7.94. The lowest BCUT2D eigenvalue weighted by Crippen LogP contribution is -2.48. The van der Waals surface area contributed by atoms with Crippen LogP contribution in [0.15, 0.2) is 60.0 Å². The summed E-state index contributed by atoms with van der Waals surface area (Å²) in [6.07, 6.45) is 1.75. The molecular formula is C27H30ClN3OS. The van der Waals surface area contributed by atoms with Crippen molar-refractivity contribution in [1.82, 2.24) is 14.7 Å². The van der Waals surface area contributed by atoms with Gasteiger partial charge in [0.1, 0.15) is 0 Å². The number of hydrogen-bond acceptors (Lipinski definition) is 4. The fourth-order valence-electron chi connectivity index (χ4n) is 4.88. The highest BCUT2D eigenvalue weighted by atomic mass is 35.5. The third-order valence-electron chi connectivity index (χ3n) is 6.82. The molecule has 2 aliphatic rings. The predicted octanol–water partition coefficient (Wildman–Crippen LogP) is 5.16. The summed E-state index contributed by atoms with van der Waals surface area (Å²) in [6, 6.07) is 18.9. The second kappa shape index (κ2) is 10.4. The molecule has 2 aliphatic heterocycles. The highest BCUT2D eigenvalue weighted by Gasteiger charge is 2.23. The molecule has 172 valence electrons. The largest absolute Gasteiger partial charge is 0.340 e. The van der Waals surface area contributed by atoms with Crippen LogP contribution in [0.1, 0.15) is 22.4 Å². The molecule has 1 saturated heterocycles. The molecule has 0 radical (unpaired) electrons. The number of amides is 1. The molecule has 0 atom stereocenters. The second-order valence-corrected chi connectivity index (χ2v) is 10.4. The van der Waals surface area contributed by atoms with Gasteiger partial charge in [0.15, 0.2) is 0 Å². The van der Waals surface area contributed by atoms with E-state index in [0.717, 1.165) is 63.8 Å². The van der Waals surface area contributed by atoms with Gasteiger partial charge in [-0.15, -0.1) is 11.3 Å². The molecule has 0 spiro atoms. The monoisotopic (exact) mass is 479 g/mol. The van der Waals surface area contributed by atoms with E-state index in [0.29, 0.717) is 12.3 Å². The van der Waals surface area contributed by atoms with Crippen LogP contribution in [0.5, 0.6) is 0 Å². The third kappa shape index (κ3) is 5.49. The predicted molar refractivity (Wildman–Crippen MR) is 137 cm³/mol. The fraction of sp³-hybridized carbons (Fsp3) is 0.370. The first-order chi connectivity index (χ1) is 16.2. The number of hydrogen-bond donors (Lipinski definition) is 0. The van der Waals surface area contributed by atoms with E-state index in [9.17, 15) is 4.79 Å². The Morgan fingerprint density at radius 2 is 1.70 bits per heavy atom. The Bertz CT molecular complexity index is 1090. The van der Waals surface area contributed by atoms with E-state index in [1.165, 1.54) is 27.1 Å². The van der Waals surface area contributed by atoms with Crippen molar-refractivity contribution in [1.29, 1.82) is 0 Å². The maximum Gasteiger partial charge on any atom is 0.223 e. The molecule has 33 heavy (non-hydrogen) atoms. The van der Waals surface area contributed by atoms with Gasteiger partial charge in [0.05, 0.1) is 0 Å². The molecule has 0 bridgehead atoms. The van der Waals surface area contributed by atoms with Gasteiger partial charge in [0.2, 0.25) is 5.91 Å². The van der Waals surface area contributed by atoms with E-state index in [1.54, 1.807) is 0 Å². The number of benzene rings is 2. The number of carbonyl (C=O) groups excluding carboxylic acids is 1. The number of fused-ring (bicyclic) bond motifs is 1. The minimum absolute atomic E-state index is 0.298. The first kappa shape index (κ1) is 22.6. The van der Waals surface area contributed by atoms with Gasteiger partial charge in [-0.25, -0.2) is 0 Å². The molecule has 0 saturated carbocycles. The smallest absolute Gasteiger partial charge is 0.223 e. The molecule has 0 N–H and O–H groups in total. The van der Waals surface area contributed by atoms with Gasteiger partial charge in [-0.2, -0.15) is 0 Å². The summed E-state index contributed by atoms with van der Waals surface area (Å²) in [5.41, 5.74) is 5.21. The highest BCUT2D eigenvalue weighted by molar-refractivity contribution is 7.10. The summed E-state index contributed by atoms with van der Waals surface area (Å²) < 4.78 is 0. The molecule has 3 heterocycles. The van der Waals surface area contributed by atoms with E-state index in [4.69, 9.17) is 11.6 Å². The lowest BCUT2D eigenvalue weighted by atomic mass is 9.99. The molecule has 2 aromatic carbocycles. The Hall–Kier alpha value is -2.18. The van der Waals surface area contributed by atoms with Gasteiger partial charge < -0.3 is 4.90 Å². The molecule has 3 aromatic rings. The summed E-state index contributed by atoms with van der Waals surface area (Å²) in [4.78, 5) is 21.3. The first-order valence-electron chi connectivity index (χ1n) is 11.8. The van der Waals surface area contributed by atoms with Crippen LogP contribution >= 0.6 is 22.9 Å². The van der Waals surface area contributed by atoms with Crippen LogP contribution in [0.4, 0.5) is 0 Å². The summed E-state index contributed by atoms with van der Waals surface area (Å²) in [5, 5.41) is 2.95. The first-order valence-corrected chi connectivity index (χ1v) is 13.0. The topological polar surface area (TPSA) is 26.8 Å². The van der Waals surface area contributed by atoms with Gasteiger partial charge in [0.25, 0.3) is 0 Å². The number of halogens is 1. The van der Waals surface area contributed by atoms with E-state index < -0.39 is 0 Å². The Morgan fingerprint density at radius 1 is 0.909 bits per heavy atom. The molecular weight excluding hydrogens is 450 g/mol. The molecule has 0 aliphatic carbocycles. The number of nitrogens with zero attached hydrogens (tertiary/aromatic N) is 3. The van der Waals surface area contributed by atoms with Crippen molar-refractivity contribution in [2.75, 3.05) is 39.3 Å². The van der Waals surface area contributed by atoms with Crippen molar-refractivity contribution < 1.29 is 4.79 Å². The number of rotatable bonds is 6. The van der Waals surface area contributed by atoms with Crippen LogP contribution < -0.4 is 0 Å². The van der Waals surface area contributed by atoms with Crippen LogP contribution in [0, 0.1) is 0 Å². The highest BCUT2D eigenvalue weighted by Crippen LogP contribution is 2.27. The second-order valence-electron chi connectivity index (χ2n) is 8.97. The zero-order valence-electron chi connectivity index (χ0n) is 18.9. The average molecular weight is 480 g/mol. The van der Waals surface area contributed by atoms with E-state index in [2.05, 4.69) is 62.5 Å². The lowest BCUT2D eigenvalue weighted by Gasteiger charge is -2.35. The summed E-state index contributed by atoms with van der Waals surface area (Å²) in [5.74, 6) is 0.298. The summed E-state index contributed by atoms with van der Waals surface area (Å²) in [6.45, 7) is 7.30. The Labute approximate surface area is 205 Å². The minimum atomic E-state index is 0.298. The lowest BCUT2D eigenvalue weighted by molar-refractivity contribution is -0.133. The van der Waals surface area contributed by atoms with Crippen LogP contribution in [0.2, 0.25) is 5.02 Å². The quantitative estimate of drug-likeness (QED) is 0.488. The van der Waals surface area contributed by atoms with Crippen molar-refractivity contribution in [3.8, 4) is 11.1 Å². The van der Waals surface area contributed by atoms with Gasteiger partial charge >= 0.3 is 0 Å². The van der Waals surface area contributed by atoms with Gasteiger partial charge in [-0.3, -0.25) is 14.6 Å². The molecule has 1 fully saturated rings. The van der Waals surface area contributed by atoms with Crippen molar-refractivity contribution >= 4 is 28.8 Å². The van der Waals surface area contributed by atoms with Crippen LogP contribution in [-0.2, 0) is 24.3 Å². The number of thiophene rings is 1. The average Bonchev–Trinajstić information content (AvgIpc) is 3.32. The SMILES string of the molecule is O=C(CCN1CCc2sccc2C1)N1CCN(Cc2ccccc2-c2ccc(Cl)cc2)CC1. The Balaban J connectivity index is 1.11. The van der Waals surface area contributed by atoms with E-state index in [-0.39, 0.29) is 0 Å². The molecule has 6 heteroatoms. The van der Waals surface area contributed by atoms with Crippen molar-refractivity contribution in [3.05, 3.63) is 81.0 Å². The third-order valence-corrected chi connectivity index (χ3v) is 8.10. The summed E-state index contributed by atoms with van der Waals surface area (Å²) in [7, 11) is 0. The maximum absolute atomic E-state index is 12.8. The minimum Gasteiger partial charge on any atom is -0.340 e. The zero-order valence-corrected chi connectivity index (χ0v) is 20.5. The standard InChI is InChI=1S/C27H30ClN3OS/c28-24-7-5-21(6-8-24)25-4-2-1-3-22(25)19-30-14-16-31(17-15-30)27(32)10-13-29-12-9-26-23(20-29)11-18-33-26/h1-8,11,18H,9-10,12-17,19-20H2. The van der Waals surface area contributed by atoms with Crippen LogP contribution in [-0.4, -0.2) is 59.9 Å². The molecule has 5 rings (SSSR count). The van der Waals surface area contributed by atoms with E-state index in [1.807, 2.05) is 23.5 Å².